The molecule has 0 saturated carbocycles. The van der Waals surface area contributed by atoms with E-state index in [0.717, 1.165) is 29.7 Å². The minimum atomic E-state index is -1.46. The molecule has 3 rings (SSSR count). The van der Waals surface area contributed by atoms with Gasteiger partial charge in [-0.15, -0.1) is 0 Å². The molecule has 5 heteroatoms. The monoisotopic (exact) mass is 280 g/mol. The second-order valence-electron chi connectivity index (χ2n) is 5.66. The van der Waals surface area contributed by atoms with Crippen molar-refractivity contribution in [3.63, 3.8) is 0 Å². The van der Waals surface area contributed by atoms with E-state index >= 15 is 0 Å². The predicted molar refractivity (Wildman–Crippen MR) is 75.1 cm³/mol. The van der Waals surface area contributed by atoms with Crippen LogP contribution in [0.5, 0.6) is 11.5 Å². The smallest absolute Gasteiger partial charge is 0.184 e. The summed E-state index contributed by atoms with van der Waals surface area (Å²) in [5.74, 6) is 1.72. The summed E-state index contributed by atoms with van der Waals surface area (Å²) in [7, 11) is 0.226. The SMILES string of the molecule is COc1cc(C2OCCO2)cc2c1OCC[Si]2(C)C. The molecule has 0 radical (unpaired) electrons. The maximum Gasteiger partial charge on any atom is 0.184 e. The van der Waals surface area contributed by atoms with Crippen molar-refractivity contribution in [2.45, 2.75) is 25.4 Å². The van der Waals surface area contributed by atoms with E-state index in [9.17, 15) is 0 Å². The number of methoxy groups -OCH3 is 1. The van der Waals surface area contributed by atoms with Crippen LogP contribution in [-0.2, 0) is 9.47 Å². The van der Waals surface area contributed by atoms with E-state index in [4.69, 9.17) is 18.9 Å². The van der Waals surface area contributed by atoms with Crippen LogP contribution in [-0.4, -0.2) is 35.0 Å². The third-order valence-corrected chi connectivity index (χ3v) is 7.18. The molecule has 19 heavy (non-hydrogen) atoms. The van der Waals surface area contributed by atoms with E-state index in [2.05, 4.69) is 19.2 Å². The molecule has 0 aromatic heterocycles. The average molecular weight is 280 g/mol. The molecule has 0 aliphatic carbocycles. The first kappa shape index (κ1) is 13.0. The standard InChI is InChI=1S/C14H20O4Si/c1-15-11-8-10(14-17-4-5-18-14)9-12-13(11)16-6-7-19(12,2)3/h8-9,14H,4-7H2,1-3H3. The molecule has 1 aromatic carbocycles. The number of benzene rings is 1. The lowest BCUT2D eigenvalue weighted by molar-refractivity contribution is -0.0442. The van der Waals surface area contributed by atoms with Crippen LogP contribution in [0.4, 0.5) is 0 Å². The predicted octanol–water partition coefficient (Wildman–Crippen LogP) is 2.05. The van der Waals surface area contributed by atoms with Gasteiger partial charge in [-0.1, -0.05) is 19.2 Å². The van der Waals surface area contributed by atoms with Crippen molar-refractivity contribution < 1.29 is 18.9 Å². The van der Waals surface area contributed by atoms with Crippen molar-refractivity contribution in [1.29, 1.82) is 0 Å². The molecule has 0 amide bonds. The van der Waals surface area contributed by atoms with Crippen LogP contribution in [0.2, 0.25) is 19.1 Å². The van der Waals surface area contributed by atoms with E-state index in [1.54, 1.807) is 7.11 Å². The van der Waals surface area contributed by atoms with Gasteiger partial charge in [0.2, 0.25) is 0 Å². The van der Waals surface area contributed by atoms with Gasteiger partial charge in [0.25, 0.3) is 0 Å². The molecule has 2 aliphatic heterocycles. The van der Waals surface area contributed by atoms with Gasteiger partial charge < -0.3 is 18.9 Å². The molecule has 0 bridgehead atoms. The topological polar surface area (TPSA) is 36.9 Å². The Kier molecular flexibility index (Phi) is 3.28. The van der Waals surface area contributed by atoms with Gasteiger partial charge in [0.1, 0.15) is 0 Å². The van der Waals surface area contributed by atoms with Crippen LogP contribution in [0.15, 0.2) is 12.1 Å². The Balaban J connectivity index is 2.09. The van der Waals surface area contributed by atoms with Gasteiger partial charge in [-0.05, 0) is 17.3 Å². The fourth-order valence-corrected chi connectivity index (χ4v) is 4.91. The Bertz CT molecular complexity index is 481. The average Bonchev–Trinajstić information content (AvgIpc) is 2.91. The molecule has 2 aliphatic rings. The third kappa shape index (κ3) is 2.26. The molecule has 0 atom stereocenters. The van der Waals surface area contributed by atoms with Crippen LogP contribution >= 0.6 is 0 Å². The highest BCUT2D eigenvalue weighted by Crippen LogP contribution is 2.36. The van der Waals surface area contributed by atoms with E-state index < -0.39 is 8.07 Å². The highest BCUT2D eigenvalue weighted by molar-refractivity contribution is 6.90. The first-order chi connectivity index (χ1) is 9.12. The summed E-state index contributed by atoms with van der Waals surface area (Å²) in [5, 5.41) is 1.31. The molecule has 1 aromatic rings. The number of fused-ring (bicyclic) bond motifs is 1. The zero-order valence-electron chi connectivity index (χ0n) is 11.7. The van der Waals surface area contributed by atoms with Gasteiger partial charge >= 0.3 is 0 Å². The van der Waals surface area contributed by atoms with Gasteiger partial charge in [-0.3, -0.25) is 0 Å². The lowest BCUT2D eigenvalue weighted by Gasteiger charge is -2.32. The zero-order chi connectivity index (χ0) is 13.5. The third-order valence-electron chi connectivity index (χ3n) is 3.89. The molecule has 0 N–H and O–H groups in total. The fourth-order valence-electron chi connectivity index (χ4n) is 2.66. The number of hydrogen-bond donors (Lipinski definition) is 0. The summed E-state index contributed by atoms with van der Waals surface area (Å²) < 4.78 is 22.5. The summed E-state index contributed by atoms with van der Waals surface area (Å²) in [6.45, 7) is 6.84. The Morgan fingerprint density at radius 2 is 1.89 bits per heavy atom. The molecular formula is C14H20O4Si. The zero-order valence-corrected chi connectivity index (χ0v) is 12.7. The first-order valence-electron chi connectivity index (χ1n) is 6.70. The number of rotatable bonds is 2. The summed E-state index contributed by atoms with van der Waals surface area (Å²) in [4.78, 5) is 0. The first-order valence-corrected chi connectivity index (χ1v) is 9.91. The minimum absolute atomic E-state index is 0.258. The molecule has 2 heterocycles. The second-order valence-corrected chi connectivity index (χ2v) is 10.5. The Morgan fingerprint density at radius 3 is 2.58 bits per heavy atom. The Morgan fingerprint density at radius 1 is 1.16 bits per heavy atom. The van der Waals surface area contributed by atoms with Crippen molar-refractivity contribution in [3.05, 3.63) is 17.7 Å². The lowest BCUT2D eigenvalue weighted by atomic mass is 10.2. The summed E-state index contributed by atoms with van der Waals surface area (Å²) in [6.07, 6.45) is -0.258. The van der Waals surface area contributed by atoms with Crippen LogP contribution < -0.4 is 14.7 Å². The highest BCUT2D eigenvalue weighted by Gasteiger charge is 2.34. The Hall–Kier alpha value is -1.04. The van der Waals surface area contributed by atoms with Crippen molar-refractivity contribution in [1.82, 2.24) is 0 Å². The van der Waals surface area contributed by atoms with Crippen LogP contribution in [0.25, 0.3) is 0 Å². The number of ether oxygens (including phenoxy) is 4. The van der Waals surface area contributed by atoms with Crippen LogP contribution in [0.1, 0.15) is 11.9 Å². The van der Waals surface area contributed by atoms with Gasteiger partial charge in [-0.2, -0.15) is 0 Å². The van der Waals surface area contributed by atoms with Gasteiger partial charge in [0.05, 0.1) is 35.0 Å². The quantitative estimate of drug-likeness (QED) is 0.777. The molecule has 4 nitrogen and oxygen atoms in total. The summed E-state index contributed by atoms with van der Waals surface area (Å²) in [6, 6.07) is 5.31. The Labute approximate surface area is 114 Å². The largest absolute Gasteiger partial charge is 0.493 e. The van der Waals surface area contributed by atoms with Gasteiger partial charge in [0, 0.05) is 5.56 Å². The normalized spacial score (nSPS) is 21.8. The van der Waals surface area contributed by atoms with Crippen molar-refractivity contribution in [2.24, 2.45) is 0 Å². The van der Waals surface area contributed by atoms with E-state index in [1.807, 2.05) is 6.07 Å². The lowest BCUT2D eigenvalue weighted by Crippen LogP contribution is -2.47. The van der Waals surface area contributed by atoms with Crippen LogP contribution in [0, 0.1) is 0 Å². The molecule has 1 saturated heterocycles. The molecule has 0 unspecified atom stereocenters. The van der Waals surface area contributed by atoms with E-state index in [1.165, 1.54) is 5.19 Å². The van der Waals surface area contributed by atoms with Crippen molar-refractivity contribution in [2.75, 3.05) is 26.9 Å². The van der Waals surface area contributed by atoms with Crippen LogP contribution in [0.3, 0.4) is 0 Å². The molecule has 0 spiro atoms. The maximum absolute atomic E-state index is 5.83. The number of hydrogen-bond acceptors (Lipinski definition) is 4. The molecular weight excluding hydrogens is 260 g/mol. The molecule has 1 fully saturated rings. The molecule has 104 valence electrons. The van der Waals surface area contributed by atoms with E-state index in [-0.39, 0.29) is 6.29 Å². The fraction of sp³-hybridized carbons (Fsp3) is 0.571. The summed E-state index contributed by atoms with van der Waals surface area (Å²) in [5.41, 5.74) is 1.04. The van der Waals surface area contributed by atoms with Crippen molar-refractivity contribution >= 4 is 13.3 Å². The van der Waals surface area contributed by atoms with Gasteiger partial charge in [-0.25, -0.2) is 0 Å². The maximum atomic E-state index is 5.83. The van der Waals surface area contributed by atoms with Gasteiger partial charge in [0.15, 0.2) is 17.8 Å². The second kappa shape index (κ2) is 4.81. The summed E-state index contributed by atoms with van der Waals surface area (Å²) >= 11 is 0. The van der Waals surface area contributed by atoms with E-state index in [0.29, 0.717) is 13.2 Å². The highest BCUT2D eigenvalue weighted by atomic mass is 28.3. The van der Waals surface area contributed by atoms with Crippen molar-refractivity contribution in [3.8, 4) is 11.5 Å². The minimum Gasteiger partial charge on any atom is -0.493 e.